The number of carboxylic acids is 1. The lowest BCUT2D eigenvalue weighted by Crippen LogP contribution is -2.30. The van der Waals surface area contributed by atoms with E-state index in [0.29, 0.717) is 16.3 Å². The number of carboxylic acid groups (broad SMARTS) is 1. The molecular formula is C17H10ClN2O3S-. The number of anilines is 1. The van der Waals surface area contributed by atoms with E-state index in [1.165, 1.54) is 17.0 Å². The monoisotopic (exact) mass is 357 g/mol. The SMILES string of the molecule is O=C([O-])c1ccc(/C=C2\NC(=S)N(c3ccccc3Cl)C2=O)cc1. The van der Waals surface area contributed by atoms with E-state index >= 15 is 0 Å². The third-order valence-corrected chi connectivity index (χ3v) is 4.03. The number of hydrogen-bond acceptors (Lipinski definition) is 4. The highest BCUT2D eigenvalue weighted by molar-refractivity contribution is 7.80. The van der Waals surface area contributed by atoms with Crippen LogP contribution < -0.4 is 15.3 Å². The fraction of sp³-hybridized carbons (Fsp3) is 0. The van der Waals surface area contributed by atoms with Gasteiger partial charge < -0.3 is 15.2 Å². The van der Waals surface area contributed by atoms with Crippen molar-refractivity contribution >= 4 is 52.6 Å². The molecule has 1 saturated heterocycles. The number of amides is 1. The van der Waals surface area contributed by atoms with E-state index in [0.717, 1.165) is 0 Å². The van der Waals surface area contributed by atoms with Gasteiger partial charge in [0.25, 0.3) is 5.91 Å². The zero-order valence-corrected chi connectivity index (χ0v) is 13.7. The molecular weight excluding hydrogens is 348 g/mol. The van der Waals surface area contributed by atoms with Crippen LogP contribution in [0.25, 0.3) is 6.08 Å². The smallest absolute Gasteiger partial charge is 0.281 e. The van der Waals surface area contributed by atoms with Crippen LogP contribution in [0.15, 0.2) is 54.2 Å². The normalized spacial score (nSPS) is 15.7. The van der Waals surface area contributed by atoms with E-state index in [1.54, 1.807) is 42.5 Å². The topological polar surface area (TPSA) is 72.5 Å². The molecule has 120 valence electrons. The molecule has 1 fully saturated rings. The van der Waals surface area contributed by atoms with Gasteiger partial charge in [-0.15, -0.1) is 0 Å². The summed E-state index contributed by atoms with van der Waals surface area (Å²) in [5, 5.41) is 14.2. The summed E-state index contributed by atoms with van der Waals surface area (Å²) < 4.78 is 0. The Hall–Kier alpha value is -2.70. The molecule has 7 heteroatoms. The summed E-state index contributed by atoms with van der Waals surface area (Å²) in [6.07, 6.45) is 1.59. The Morgan fingerprint density at radius 3 is 2.46 bits per heavy atom. The summed E-state index contributed by atoms with van der Waals surface area (Å²) >= 11 is 11.3. The molecule has 0 saturated carbocycles. The highest BCUT2D eigenvalue weighted by Crippen LogP contribution is 2.29. The first-order valence-corrected chi connectivity index (χ1v) is 7.69. The molecule has 5 nitrogen and oxygen atoms in total. The average Bonchev–Trinajstić information content (AvgIpc) is 2.83. The van der Waals surface area contributed by atoms with Crippen molar-refractivity contribution in [2.45, 2.75) is 0 Å². The summed E-state index contributed by atoms with van der Waals surface area (Å²) in [5.74, 6) is -1.59. The molecule has 0 radical (unpaired) electrons. The van der Waals surface area contributed by atoms with Gasteiger partial charge in [-0.05, 0) is 41.6 Å². The van der Waals surface area contributed by atoms with E-state index in [9.17, 15) is 14.7 Å². The van der Waals surface area contributed by atoms with Gasteiger partial charge in [-0.3, -0.25) is 9.69 Å². The minimum Gasteiger partial charge on any atom is -0.545 e. The number of para-hydroxylation sites is 1. The number of benzene rings is 2. The first-order valence-electron chi connectivity index (χ1n) is 6.90. The second kappa shape index (κ2) is 6.43. The highest BCUT2D eigenvalue weighted by Gasteiger charge is 2.32. The number of rotatable bonds is 3. The molecule has 1 aliphatic rings. The molecule has 3 rings (SSSR count). The molecule has 1 N–H and O–H groups in total. The first kappa shape index (κ1) is 16.2. The van der Waals surface area contributed by atoms with Gasteiger partial charge in [-0.2, -0.15) is 0 Å². The Labute approximate surface area is 148 Å². The maximum atomic E-state index is 12.6. The van der Waals surface area contributed by atoms with Crippen LogP contribution in [0.5, 0.6) is 0 Å². The number of carbonyl (C=O) groups is 2. The van der Waals surface area contributed by atoms with Crippen molar-refractivity contribution < 1.29 is 14.7 Å². The minimum atomic E-state index is -1.25. The standard InChI is InChI=1S/C17H11ClN2O3S/c18-12-3-1-2-4-14(12)20-15(21)13(19-17(20)24)9-10-5-7-11(8-6-10)16(22)23/h1-9H,(H,19,24)(H,22,23)/p-1/b13-9-. The number of aromatic carboxylic acids is 1. The molecule has 1 aliphatic heterocycles. The van der Waals surface area contributed by atoms with Gasteiger partial charge >= 0.3 is 0 Å². The van der Waals surface area contributed by atoms with Crippen molar-refractivity contribution in [2.24, 2.45) is 0 Å². The van der Waals surface area contributed by atoms with E-state index in [-0.39, 0.29) is 22.3 Å². The van der Waals surface area contributed by atoms with Gasteiger partial charge in [0.1, 0.15) is 5.70 Å². The Morgan fingerprint density at radius 1 is 1.17 bits per heavy atom. The van der Waals surface area contributed by atoms with Crippen LogP contribution in [-0.4, -0.2) is 17.0 Å². The zero-order valence-electron chi connectivity index (χ0n) is 12.2. The van der Waals surface area contributed by atoms with Gasteiger partial charge in [0.2, 0.25) is 0 Å². The maximum absolute atomic E-state index is 12.6. The summed E-state index contributed by atoms with van der Waals surface area (Å²) in [6, 6.07) is 12.9. The van der Waals surface area contributed by atoms with Crippen LogP contribution in [-0.2, 0) is 4.79 Å². The lowest BCUT2D eigenvalue weighted by atomic mass is 10.1. The van der Waals surface area contributed by atoms with E-state index in [4.69, 9.17) is 23.8 Å². The van der Waals surface area contributed by atoms with Crippen molar-refractivity contribution in [1.82, 2.24) is 5.32 Å². The molecule has 1 heterocycles. The van der Waals surface area contributed by atoms with Crippen LogP contribution in [0.4, 0.5) is 5.69 Å². The van der Waals surface area contributed by atoms with Gasteiger partial charge in [-0.25, -0.2) is 0 Å². The maximum Gasteiger partial charge on any atom is 0.281 e. The summed E-state index contributed by atoms with van der Waals surface area (Å²) in [5.41, 5.74) is 1.49. The largest absolute Gasteiger partial charge is 0.545 e. The third-order valence-electron chi connectivity index (χ3n) is 3.43. The predicted molar refractivity (Wildman–Crippen MR) is 93.4 cm³/mol. The molecule has 0 aliphatic carbocycles. The van der Waals surface area contributed by atoms with E-state index < -0.39 is 5.97 Å². The molecule has 0 aromatic heterocycles. The minimum absolute atomic E-state index is 0.0658. The van der Waals surface area contributed by atoms with Crippen LogP contribution >= 0.6 is 23.8 Å². The Kier molecular flexibility index (Phi) is 4.33. The number of nitrogens with zero attached hydrogens (tertiary/aromatic N) is 1. The number of thiocarbonyl (C=S) groups is 1. The quantitative estimate of drug-likeness (QED) is 0.671. The van der Waals surface area contributed by atoms with E-state index in [2.05, 4.69) is 5.32 Å². The first-order chi connectivity index (χ1) is 11.5. The second-order valence-electron chi connectivity index (χ2n) is 4.99. The van der Waals surface area contributed by atoms with Crippen LogP contribution in [0.3, 0.4) is 0 Å². The van der Waals surface area contributed by atoms with E-state index in [1.807, 2.05) is 0 Å². The summed E-state index contributed by atoms with van der Waals surface area (Å²) in [4.78, 5) is 24.7. The predicted octanol–water partition coefficient (Wildman–Crippen LogP) is 1.97. The van der Waals surface area contributed by atoms with Crippen molar-refractivity contribution in [3.8, 4) is 0 Å². The van der Waals surface area contributed by atoms with Crippen LogP contribution in [0.1, 0.15) is 15.9 Å². The lowest BCUT2D eigenvalue weighted by molar-refractivity contribution is -0.255. The fourth-order valence-corrected chi connectivity index (χ4v) is 2.78. The molecule has 2 aromatic rings. The molecule has 24 heavy (non-hydrogen) atoms. The van der Waals surface area contributed by atoms with Gasteiger partial charge in [-0.1, -0.05) is 48.0 Å². The molecule has 1 amide bonds. The number of carbonyl (C=O) groups excluding carboxylic acids is 2. The average molecular weight is 358 g/mol. The molecule has 0 bridgehead atoms. The van der Waals surface area contributed by atoms with Crippen molar-refractivity contribution in [1.29, 1.82) is 0 Å². The van der Waals surface area contributed by atoms with Gasteiger partial charge in [0.15, 0.2) is 5.11 Å². The Balaban J connectivity index is 1.91. The molecule has 0 spiro atoms. The molecule has 0 atom stereocenters. The van der Waals surface area contributed by atoms with Crippen molar-refractivity contribution in [3.63, 3.8) is 0 Å². The van der Waals surface area contributed by atoms with Gasteiger partial charge in [0.05, 0.1) is 16.7 Å². The fourth-order valence-electron chi connectivity index (χ4n) is 2.27. The number of halogens is 1. The van der Waals surface area contributed by atoms with Crippen LogP contribution in [0, 0.1) is 0 Å². The number of nitrogens with one attached hydrogen (secondary N) is 1. The number of hydrogen-bond donors (Lipinski definition) is 1. The third kappa shape index (κ3) is 3.02. The van der Waals surface area contributed by atoms with Crippen molar-refractivity contribution in [2.75, 3.05) is 4.90 Å². The zero-order chi connectivity index (χ0) is 17.3. The molecule has 2 aromatic carbocycles. The highest BCUT2D eigenvalue weighted by atomic mass is 35.5. The van der Waals surface area contributed by atoms with Crippen LogP contribution in [0.2, 0.25) is 5.02 Å². The molecule has 0 unspecified atom stereocenters. The summed E-state index contributed by atoms with van der Waals surface area (Å²) in [6.45, 7) is 0. The second-order valence-corrected chi connectivity index (χ2v) is 5.78. The summed E-state index contributed by atoms with van der Waals surface area (Å²) in [7, 11) is 0. The Morgan fingerprint density at radius 2 is 1.83 bits per heavy atom. The van der Waals surface area contributed by atoms with Gasteiger partial charge in [0, 0.05) is 0 Å². The van der Waals surface area contributed by atoms with Crippen molar-refractivity contribution in [3.05, 3.63) is 70.4 Å². The Bertz CT molecular complexity index is 878. The lowest BCUT2D eigenvalue weighted by Gasteiger charge is -2.15.